The molecular weight excluding hydrogens is 197 g/mol. The summed E-state index contributed by atoms with van der Waals surface area (Å²) in [7, 11) is 1.09. The first-order chi connectivity index (χ1) is 6.56. The number of methoxy groups -OCH3 is 1. The Hall–Kier alpha value is -1.52. The number of ether oxygens (including phenoxy) is 1. The molecule has 1 rings (SSSR count). The highest BCUT2D eigenvalue weighted by Gasteiger charge is 2.15. The zero-order valence-corrected chi connectivity index (χ0v) is 7.26. The molecule has 0 heterocycles. The molecule has 14 heavy (non-hydrogen) atoms. The van der Waals surface area contributed by atoms with Crippen molar-refractivity contribution in [3.63, 3.8) is 0 Å². The van der Waals surface area contributed by atoms with Crippen LogP contribution in [-0.2, 0) is 4.74 Å². The Labute approximate surface area is 78.3 Å². The Morgan fingerprint density at radius 2 is 2.07 bits per heavy atom. The van der Waals surface area contributed by atoms with Crippen LogP contribution in [0.5, 0.6) is 0 Å². The van der Waals surface area contributed by atoms with Crippen LogP contribution in [0.25, 0.3) is 0 Å². The Morgan fingerprint density at radius 3 is 2.50 bits per heavy atom. The Balaban J connectivity index is 3.07. The highest BCUT2D eigenvalue weighted by Crippen LogP contribution is 2.21. The van der Waals surface area contributed by atoms with Gasteiger partial charge in [0.05, 0.1) is 12.7 Å². The first-order valence-corrected chi connectivity index (χ1v) is 3.72. The molecule has 1 aromatic carbocycles. The minimum atomic E-state index is -2.75. The molecule has 1 aromatic rings. The predicted molar refractivity (Wildman–Crippen MR) is 42.7 cm³/mol. The second-order valence-corrected chi connectivity index (χ2v) is 2.53. The second kappa shape index (κ2) is 4.13. The molecule has 0 atom stereocenters. The molecule has 0 aromatic heterocycles. The van der Waals surface area contributed by atoms with Crippen LogP contribution in [0.3, 0.4) is 0 Å². The molecule has 76 valence electrons. The van der Waals surface area contributed by atoms with Gasteiger partial charge in [-0.3, -0.25) is 0 Å². The third-order valence-corrected chi connectivity index (χ3v) is 1.65. The molecule has 2 nitrogen and oxygen atoms in total. The van der Waals surface area contributed by atoms with Crippen molar-refractivity contribution in [2.75, 3.05) is 7.11 Å². The molecule has 5 heteroatoms. The van der Waals surface area contributed by atoms with Crippen molar-refractivity contribution in [3.05, 3.63) is 35.1 Å². The normalized spacial score (nSPS) is 10.4. The molecule has 0 aliphatic heterocycles. The van der Waals surface area contributed by atoms with Gasteiger partial charge in [-0.25, -0.2) is 18.0 Å². The summed E-state index contributed by atoms with van der Waals surface area (Å²) in [5.74, 6) is -1.89. The van der Waals surface area contributed by atoms with Gasteiger partial charge in [-0.05, 0) is 12.1 Å². The number of esters is 1. The summed E-state index contributed by atoms with van der Waals surface area (Å²) < 4.78 is 41.4. The largest absolute Gasteiger partial charge is 0.465 e. The lowest BCUT2D eigenvalue weighted by Crippen LogP contribution is -2.04. The minimum Gasteiger partial charge on any atom is -0.465 e. The van der Waals surface area contributed by atoms with Crippen LogP contribution in [0.2, 0.25) is 0 Å². The summed E-state index contributed by atoms with van der Waals surface area (Å²) in [6.45, 7) is 0. The van der Waals surface area contributed by atoms with E-state index in [0.717, 1.165) is 19.2 Å². The van der Waals surface area contributed by atoms with E-state index in [0.29, 0.717) is 6.07 Å². The van der Waals surface area contributed by atoms with E-state index in [-0.39, 0.29) is 5.56 Å². The van der Waals surface area contributed by atoms with Crippen LogP contribution in [0.15, 0.2) is 18.2 Å². The molecule has 0 aliphatic rings. The smallest absolute Gasteiger partial charge is 0.340 e. The maximum Gasteiger partial charge on any atom is 0.340 e. The highest BCUT2D eigenvalue weighted by molar-refractivity contribution is 5.89. The average molecular weight is 204 g/mol. The van der Waals surface area contributed by atoms with E-state index in [1.807, 2.05) is 0 Å². The summed E-state index contributed by atoms with van der Waals surface area (Å²) >= 11 is 0. The number of benzene rings is 1. The van der Waals surface area contributed by atoms with Crippen LogP contribution in [-0.4, -0.2) is 13.1 Å². The molecule has 0 saturated carbocycles. The van der Waals surface area contributed by atoms with E-state index in [2.05, 4.69) is 4.74 Å². The van der Waals surface area contributed by atoms with Gasteiger partial charge in [0.1, 0.15) is 5.82 Å². The first kappa shape index (κ1) is 10.6. The van der Waals surface area contributed by atoms with Gasteiger partial charge in [0.2, 0.25) is 0 Å². The van der Waals surface area contributed by atoms with Crippen molar-refractivity contribution in [2.45, 2.75) is 6.43 Å². The minimum absolute atomic E-state index is 0.350. The zero-order chi connectivity index (χ0) is 10.7. The Morgan fingerprint density at radius 1 is 1.43 bits per heavy atom. The molecule has 0 aliphatic carbocycles. The monoisotopic (exact) mass is 204 g/mol. The van der Waals surface area contributed by atoms with Gasteiger partial charge in [-0.1, -0.05) is 6.07 Å². The maximum atomic E-state index is 13.0. The molecule has 0 fully saturated rings. The number of hydrogen-bond donors (Lipinski definition) is 0. The van der Waals surface area contributed by atoms with E-state index in [1.165, 1.54) is 0 Å². The summed E-state index contributed by atoms with van der Waals surface area (Å²) in [6.07, 6.45) is -2.75. The van der Waals surface area contributed by atoms with Crippen LogP contribution in [0.4, 0.5) is 13.2 Å². The lowest BCUT2D eigenvalue weighted by atomic mass is 10.1. The van der Waals surface area contributed by atoms with Gasteiger partial charge >= 0.3 is 5.97 Å². The van der Waals surface area contributed by atoms with Crippen LogP contribution >= 0.6 is 0 Å². The maximum absolute atomic E-state index is 13.0. The fourth-order valence-corrected chi connectivity index (χ4v) is 0.943. The van der Waals surface area contributed by atoms with Gasteiger partial charge in [-0.15, -0.1) is 0 Å². The van der Waals surface area contributed by atoms with E-state index in [4.69, 9.17) is 0 Å². The predicted octanol–water partition coefficient (Wildman–Crippen LogP) is 2.55. The number of rotatable bonds is 2. The molecule has 0 amide bonds. The fourth-order valence-electron chi connectivity index (χ4n) is 0.943. The molecule has 0 N–H and O–H groups in total. The van der Waals surface area contributed by atoms with E-state index in [1.54, 1.807) is 0 Å². The quantitative estimate of drug-likeness (QED) is 0.692. The van der Waals surface area contributed by atoms with Gasteiger partial charge in [0.25, 0.3) is 6.43 Å². The molecular formula is C9H7F3O2. The zero-order valence-electron chi connectivity index (χ0n) is 7.26. The lowest BCUT2D eigenvalue weighted by molar-refractivity contribution is 0.0595. The molecule has 0 saturated heterocycles. The highest BCUT2D eigenvalue weighted by atomic mass is 19.3. The van der Waals surface area contributed by atoms with Crippen LogP contribution in [0.1, 0.15) is 22.3 Å². The molecule has 0 unspecified atom stereocenters. The van der Waals surface area contributed by atoms with Crippen molar-refractivity contribution >= 4 is 5.97 Å². The summed E-state index contributed by atoms with van der Waals surface area (Å²) in [5, 5.41) is 0. The Kier molecular flexibility index (Phi) is 3.11. The fraction of sp³-hybridized carbons (Fsp3) is 0.222. The summed E-state index contributed by atoms with van der Waals surface area (Å²) in [4.78, 5) is 10.9. The first-order valence-electron chi connectivity index (χ1n) is 3.72. The number of carbonyl (C=O) groups excluding carboxylic acids is 1. The number of halogens is 3. The van der Waals surface area contributed by atoms with Crippen molar-refractivity contribution in [3.8, 4) is 0 Å². The second-order valence-electron chi connectivity index (χ2n) is 2.53. The van der Waals surface area contributed by atoms with E-state index >= 15 is 0 Å². The van der Waals surface area contributed by atoms with E-state index < -0.39 is 23.8 Å². The Bertz CT molecular complexity index is 350. The van der Waals surface area contributed by atoms with Crippen molar-refractivity contribution < 1.29 is 22.7 Å². The van der Waals surface area contributed by atoms with Gasteiger partial charge in [0.15, 0.2) is 0 Å². The molecule has 0 bridgehead atoms. The molecule has 0 radical (unpaired) electrons. The third-order valence-electron chi connectivity index (χ3n) is 1.65. The van der Waals surface area contributed by atoms with Crippen molar-refractivity contribution in [2.24, 2.45) is 0 Å². The standard InChI is InChI=1S/C9H7F3O2/c1-14-9(13)6-3-2-5(8(11)12)4-7(6)10/h2-4,8H,1H3. The number of carbonyl (C=O) groups is 1. The van der Waals surface area contributed by atoms with Crippen molar-refractivity contribution in [1.29, 1.82) is 0 Å². The van der Waals surface area contributed by atoms with Gasteiger partial charge < -0.3 is 4.74 Å². The van der Waals surface area contributed by atoms with Crippen LogP contribution in [0, 0.1) is 5.82 Å². The van der Waals surface area contributed by atoms with Crippen molar-refractivity contribution in [1.82, 2.24) is 0 Å². The lowest BCUT2D eigenvalue weighted by Gasteiger charge is -2.03. The summed E-state index contributed by atoms with van der Waals surface area (Å²) in [5.41, 5.74) is -0.813. The SMILES string of the molecule is COC(=O)c1ccc(C(F)F)cc1F. The number of alkyl halides is 2. The number of hydrogen-bond acceptors (Lipinski definition) is 2. The van der Waals surface area contributed by atoms with Gasteiger partial charge in [-0.2, -0.15) is 0 Å². The topological polar surface area (TPSA) is 26.3 Å². The van der Waals surface area contributed by atoms with Gasteiger partial charge in [0, 0.05) is 5.56 Å². The third kappa shape index (κ3) is 2.04. The van der Waals surface area contributed by atoms with E-state index in [9.17, 15) is 18.0 Å². The van der Waals surface area contributed by atoms with Crippen LogP contribution < -0.4 is 0 Å². The molecule has 0 spiro atoms. The summed E-state index contributed by atoms with van der Waals surface area (Å²) in [6, 6.07) is 2.58. The average Bonchev–Trinajstić information content (AvgIpc) is 2.16.